The maximum Gasteiger partial charge on any atom is 0.237 e. The summed E-state index contributed by atoms with van der Waals surface area (Å²) in [7, 11) is 1.57. The lowest BCUT2D eigenvalue weighted by atomic mass is 9.97. The third-order valence-electron chi connectivity index (χ3n) is 3.34. The summed E-state index contributed by atoms with van der Waals surface area (Å²) in [6.07, 6.45) is 3.22. The maximum atomic E-state index is 6.38. The molecule has 0 aliphatic rings. The highest BCUT2D eigenvalue weighted by atomic mass is 16.5. The number of ether oxygens (including phenoxy) is 1. The Hall–Kier alpha value is -2.46. The summed E-state index contributed by atoms with van der Waals surface area (Å²) in [6.45, 7) is 0. The van der Waals surface area contributed by atoms with Gasteiger partial charge in [-0.2, -0.15) is 0 Å². The fourth-order valence-corrected chi connectivity index (χ4v) is 2.38. The van der Waals surface area contributed by atoms with Gasteiger partial charge in [0.05, 0.1) is 13.2 Å². The molecule has 0 aliphatic heterocycles. The molecule has 0 amide bonds. The number of nitrogens with two attached hydrogens (primary N) is 1. The minimum Gasteiger partial charge on any atom is -0.480 e. The first-order valence-corrected chi connectivity index (χ1v) is 6.39. The molecule has 2 N–H and O–H groups in total. The quantitative estimate of drug-likeness (QED) is 0.791. The van der Waals surface area contributed by atoms with E-state index in [1.54, 1.807) is 19.5 Å². The van der Waals surface area contributed by atoms with E-state index in [4.69, 9.17) is 10.5 Å². The van der Waals surface area contributed by atoms with Gasteiger partial charge in [-0.05, 0) is 16.3 Å². The molecule has 1 atom stereocenters. The predicted octanol–water partition coefficient (Wildman–Crippen LogP) is 2.69. The smallest absolute Gasteiger partial charge is 0.237 e. The topological polar surface area (TPSA) is 61.0 Å². The summed E-state index contributed by atoms with van der Waals surface area (Å²) in [4.78, 5) is 8.48. The van der Waals surface area contributed by atoms with Crippen molar-refractivity contribution in [1.29, 1.82) is 0 Å². The molecule has 1 unspecified atom stereocenters. The Bertz CT molecular complexity index is 737. The van der Waals surface area contributed by atoms with Gasteiger partial charge in [-0.3, -0.25) is 4.98 Å². The number of hydrogen-bond acceptors (Lipinski definition) is 4. The Labute approximate surface area is 117 Å². The van der Waals surface area contributed by atoms with Crippen LogP contribution in [-0.4, -0.2) is 17.1 Å². The molecule has 2 aromatic carbocycles. The lowest BCUT2D eigenvalue weighted by Crippen LogP contribution is -2.15. The average Bonchev–Trinajstić information content (AvgIpc) is 2.53. The van der Waals surface area contributed by atoms with Gasteiger partial charge in [0, 0.05) is 12.4 Å². The molecule has 1 aromatic heterocycles. The Morgan fingerprint density at radius 1 is 1.00 bits per heavy atom. The number of fused-ring (bicyclic) bond motifs is 1. The van der Waals surface area contributed by atoms with Crippen LogP contribution < -0.4 is 10.5 Å². The van der Waals surface area contributed by atoms with Crippen LogP contribution in [0, 0.1) is 0 Å². The first-order chi connectivity index (χ1) is 9.81. The second-order valence-electron chi connectivity index (χ2n) is 4.50. The minimum atomic E-state index is -0.371. The van der Waals surface area contributed by atoms with E-state index < -0.39 is 0 Å². The number of aromatic nitrogens is 2. The highest BCUT2D eigenvalue weighted by Crippen LogP contribution is 2.29. The maximum absolute atomic E-state index is 6.38. The molecular formula is C16H15N3O. The number of methoxy groups -OCH3 is 1. The Balaban J connectivity index is 2.15. The summed E-state index contributed by atoms with van der Waals surface area (Å²) >= 11 is 0. The summed E-state index contributed by atoms with van der Waals surface area (Å²) in [5, 5.41) is 2.28. The van der Waals surface area contributed by atoms with Crippen LogP contribution in [0.2, 0.25) is 0 Å². The zero-order valence-corrected chi connectivity index (χ0v) is 11.2. The standard InChI is InChI=1S/C16H15N3O/c1-20-16-15(18-9-10-19-16)14(17)13-8-4-6-11-5-2-3-7-12(11)13/h2-10,14H,17H2,1H3. The van der Waals surface area contributed by atoms with Crippen molar-refractivity contribution < 1.29 is 4.74 Å². The SMILES string of the molecule is COc1nccnc1C(N)c1cccc2ccccc12. The largest absolute Gasteiger partial charge is 0.480 e. The number of rotatable bonds is 3. The van der Waals surface area contributed by atoms with E-state index in [2.05, 4.69) is 28.2 Å². The van der Waals surface area contributed by atoms with E-state index in [0.29, 0.717) is 11.6 Å². The first-order valence-electron chi connectivity index (χ1n) is 6.39. The van der Waals surface area contributed by atoms with Crippen LogP contribution in [0.25, 0.3) is 10.8 Å². The zero-order valence-electron chi connectivity index (χ0n) is 11.2. The molecule has 100 valence electrons. The summed E-state index contributed by atoms with van der Waals surface area (Å²) in [5.41, 5.74) is 8.04. The molecule has 0 aliphatic carbocycles. The zero-order chi connectivity index (χ0) is 13.9. The third-order valence-corrected chi connectivity index (χ3v) is 3.34. The second kappa shape index (κ2) is 5.27. The average molecular weight is 265 g/mol. The van der Waals surface area contributed by atoms with Crippen LogP contribution in [0.5, 0.6) is 5.88 Å². The van der Waals surface area contributed by atoms with Crippen LogP contribution in [-0.2, 0) is 0 Å². The van der Waals surface area contributed by atoms with Crippen molar-refractivity contribution >= 4 is 10.8 Å². The normalized spacial score (nSPS) is 12.3. The van der Waals surface area contributed by atoms with Crippen LogP contribution in [0.3, 0.4) is 0 Å². The molecule has 0 radical (unpaired) electrons. The van der Waals surface area contributed by atoms with Gasteiger partial charge < -0.3 is 10.5 Å². The van der Waals surface area contributed by atoms with Crippen molar-refractivity contribution in [2.24, 2.45) is 5.73 Å². The molecule has 0 fully saturated rings. The van der Waals surface area contributed by atoms with E-state index in [-0.39, 0.29) is 6.04 Å². The van der Waals surface area contributed by atoms with Crippen molar-refractivity contribution in [2.45, 2.75) is 6.04 Å². The molecule has 1 heterocycles. The lowest BCUT2D eigenvalue weighted by Gasteiger charge is -2.16. The van der Waals surface area contributed by atoms with Crippen LogP contribution in [0.15, 0.2) is 54.9 Å². The van der Waals surface area contributed by atoms with E-state index in [9.17, 15) is 0 Å². The molecule has 4 nitrogen and oxygen atoms in total. The van der Waals surface area contributed by atoms with Crippen molar-refractivity contribution in [2.75, 3.05) is 7.11 Å². The summed E-state index contributed by atoms with van der Waals surface area (Å²) in [6, 6.07) is 13.9. The Kier molecular flexibility index (Phi) is 3.31. The monoisotopic (exact) mass is 265 g/mol. The number of benzene rings is 2. The summed E-state index contributed by atoms with van der Waals surface area (Å²) in [5.74, 6) is 0.466. The molecule has 0 spiro atoms. The number of hydrogen-bond donors (Lipinski definition) is 1. The van der Waals surface area contributed by atoms with Crippen molar-refractivity contribution in [1.82, 2.24) is 9.97 Å². The molecule has 20 heavy (non-hydrogen) atoms. The predicted molar refractivity (Wildman–Crippen MR) is 78.6 cm³/mol. The summed E-state index contributed by atoms with van der Waals surface area (Å²) < 4.78 is 5.25. The Morgan fingerprint density at radius 2 is 1.75 bits per heavy atom. The van der Waals surface area contributed by atoms with E-state index in [0.717, 1.165) is 16.3 Å². The molecule has 3 aromatic rings. The van der Waals surface area contributed by atoms with Crippen molar-refractivity contribution in [3.8, 4) is 5.88 Å². The fraction of sp³-hybridized carbons (Fsp3) is 0.125. The first kappa shape index (κ1) is 12.6. The third kappa shape index (κ3) is 2.10. The highest BCUT2D eigenvalue weighted by Gasteiger charge is 2.18. The Morgan fingerprint density at radius 3 is 2.60 bits per heavy atom. The van der Waals surface area contributed by atoms with Crippen LogP contribution >= 0.6 is 0 Å². The molecule has 0 saturated heterocycles. The van der Waals surface area contributed by atoms with Gasteiger partial charge in [-0.25, -0.2) is 4.98 Å². The second-order valence-corrected chi connectivity index (χ2v) is 4.50. The van der Waals surface area contributed by atoms with E-state index >= 15 is 0 Å². The van der Waals surface area contributed by atoms with Gasteiger partial charge in [-0.1, -0.05) is 42.5 Å². The van der Waals surface area contributed by atoms with Crippen LogP contribution in [0.1, 0.15) is 17.3 Å². The molecule has 0 bridgehead atoms. The van der Waals surface area contributed by atoms with Gasteiger partial charge >= 0.3 is 0 Å². The fourth-order valence-electron chi connectivity index (χ4n) is 2.38. The lowest BCUT2D eigenvalue weighted by molar-refractivity contribution is 0.387. The number of nitrogens with zero attached hydrogens (tertiary/aromatic N) is 2. The van der Waals surface area contributed by atoms with E-state index in [1.807, 2.05) is 24.3 Å². The van der Waals surface area contributed by atoms with Gasteiger partial charge in [0.25, 0.3) is 0 Å². The van der Waals surface area contributed by atoms with Crippen molar-refractivity contribution in [3.05, 3.63) is 66.1 Å². The highest BCUT2D eigenvalue weighted by molar-refractivity contribution is 5.86. The van der Waals surface area contributed by atoms with Gasteiger partial charge in [0.1, 0.15) is 5.69 Å². The van der Waals surface area contributed by atoms with Gasteiger partial charge in [0.2, 0.25) is 5.88 Å². The molecular weight excluding hydrogens is 250 g/mol. The molecule has 4 heteroatoms. The van der Waals surface area contributed by atoms with E-state index in [1.165, 1.54) is 0 Å². The van der Waals surface area contributed by atoms with Crippen LogP contribution in [0.4, 0.5) is 0 Å². The van der Waals surface area contributed by atoms with Crippen molar-refractivity contribution in [3.63, 3.8) is 0 Å². The minimum absolute atomic E-state index is 0.371. The van der Waals surface area contributed by atoms with Gasteiger partial charge in [-0.15, -0.1) is 0 Å². The molecule has 3 rings (SSSR count). The molecule has 0 saturated carbocycles. The van der Waals surface area contributed by atoms with Gasteiger partial charge in [0.15, 0.2) is 0 Å².